The van der Waals surface area contributed by atoms with Gasteiger partial charge in [0.15, 0.2) is 0 Å². The molecule has 0 aliphatic carbocycles. The molecule has 1 aliphatic heterocycles. The minimum absolute atomic E-state index is 0.0285. The monoisotopic (exact) mass is 361 g/mol. The average molecular weight is 361 g/mol. The van der Waals surface area contributed by atoms with E-state index in [9.17, 15) is 14.4 Å². The summed E-state index contributed by atoms with van der Waals surface area (Å²) >= 11 is 0. The van der Waals surface area contributed by atoms with Crippen molar-refractivity contribution >= 4 is 17.7 Å². The molecular weight excluding hydrogens is 334 g/mol. The summed E-state index contributed by atoms with van der Waals surface area (Å²) in [6, 6.07) is 7.69. The molecule has 0 atom stereocenters. The van der Waals surface area contributed by atoms with Crippen molar-refractivity contribution in [2.45, 2.75) is 20.3 Å². The molecule has 0 spiro atoms. The molecule has 0 unspecified atom stereocenters. The van der Waals surface area contributed by atoms with Crippen molar-refractivity contribution in [1.29, 1.82) is 0 Å². The molecule has 1 aromatic carbocycles. The van der Waals surface area contributed by atoms with Crippen molar-refractivity contribution in [3.63, 3.8) is 0 Å². The molecule has 1 aliphatic rings. The summed E-state index contributed by atoms with van der Waals surface area (Å²) in [6.07, 6.45) is 0.655. The predicted molar refractivity (Wildman–Crippen MR) is 97.8 cm³/mol. The van der Waals surface area contributed by atoms with Crippen molar-refractivity contribution in [2.24, 2.45) is 0 Å². The summed E-state index contributed by atoms with van der Waals surface area (Å²) in [6.45, 7) is 5.68. The lowest BCUT2D eigenvalue weighted by Gasteiger charge is -2.35. The highest BCUT2D eigenvalue weighted by Crippen LogP contribution is 2.13. The summed E-state index contributed by atoms with van der Waals surface area (Å²) in [5.74, 6) is 0.606. The van der Waals surface area contributed by atoms with Crippen molar-refractivity contribution in [1.82, 2.24) is 14.7 Å². The van der Waals surface area contributed by atoms with Crippen molar-refractivity contribution < 1.29 is 19.1 Å². The Hall–Kier alpha value is -2.57. The van der Waals surface area contributed by atoms with Crippen LogP contribution < -0.4 is 4.74 Å². The van der Waals surface area contributed by atoms with E-state index in [4.69, 9.17) is 4.74 Å². The van der Waals surface area contributed by atoms with Crippen LogP contribution in [0.1, 0.15) is 19.4 Å². The van der Waals surface area contributed by atoms with E-state index in [0.29, 0.717) is 39.1 Å². The highest BCUT2D eigenvalue weighted by atomic mass is 16.5. The number of carbonyl (C=O) groups excluding carboxylic acids is 3. The Morgan fingerprint density at radius 3 is 2.31 bits per heavy atom. The Morgan fingerprint density at radius 1 is 1.08 bits per heavy atom. The van der Waals surface area contributed by atoms with Gasteiger partial charge in [-0.15, -0.1) is 0 Å². The molecule has 0 N–H and O–H groups in total. The molecule has 1 heterocycles. The molecule has 2 rings (SSSR count). The Morgan fingerprint density at radius 2 is 1.73 bits per heavy atom. The average Bonchev–Trinajstić information content (AvgIpc) is 2.64. The quantitative estimate of drug-likeness (QED) is 0.751. The minimum Gasteiger partial charge on any atom is -0.497 e. The number of rotatable bonds is 6. The topological polar surface area (TPSA) is 70.2 Å². The predicted octanol–water partition coefficient (Wildman–Crippen LogP) is 0.777. The summed E-state index contributed by atoms with van der Waals surface area (Å²) in [5, 5.41) is 0. The zero-order chi connectivity index (χ0) is 19.1. The number of nitrogens with zero attached hydrogens (tertiary/aromatic N) is 3. The van der Waals surface area contributed by atoms with E-state index in [2.05, 4.69) is 0 Å². The first-order valence-corrected chi connectivity index (χ1v) is 8.82. The number of hydrogen-bond acceptors (Lipinski definition) is 4. The van der Waals surface area contributed by atoms with Crippen LogP contribution in [-0.4, -0.2) is 78.8 Å². The Kier molecular flexibility index (Phi) is 7.00. The molecule has 1 fully saturated rings. The van der Waals surface area contributed by atoms with E-state index < -0.39 is 0 Å². The standard InChI is InChI=1S/C19H27N3O4/c1-15(23)20-9-11-21(12-10-20)19(25)14-22(16(2)24)8-7-17-5-4-6-18(13-17)26-3/h4-6,13H,7-12,14H2,1-3H3. The third-order valence-corrected chi connectivity index (χ3v) is 4.65. The molecule has 1 saturated heterocycles. The number of ether oxygens (including phenoxy) is 1. The maximum absolute atomic E-state index is 12.5. The van der Waals surface area contributed by atoms with Gasteiger partial charge in [-0.1, -0.05) is 12.1 Å². The summed E-state index contributed by atoms with van der Waals surface area (Å²) in [7, 11) is 1.62. The first-order valence-electron chi connectivity index (χ1n) is 8.82. The second-order valence-corrected chi connectivity index (χ2v) is 6.43. The van der Waals surface area contributed by atoms with Crippen molar-refractivity contribution in [3.05, 3.63) is 29.8 Å². The third-order valence-electron chi connectivity index (χ3n) is 4.65. The smallest absolute Gasteiger partial charge is 0.242 e. The number of amides is 3. The van der Waals surface area contributed by atoms with Gasteiger partial charge in [0.1, 0.15) is 5.75 Å². The van der Waals surface area contributed by atoms with E-state index in [-0.39, 0.29) is 24.3 Å². The van der Waals surface area contributed by atoms with Gasteiger partial charge in [0, 0.05) is 46.6 Å². The maximum Gasteiger partial charge on any atom is 0.242 e. The van der Waals surface area contributed by atoms with Crippen LogP contribution in [0.15, 0.2) is 24.3 Å². The van der Waals surface area contributed by atoms with Gasteiger partial charge in [-0.2, -0.15) is 0 Å². The summed E-state index contributed by atoms with van der Waals surface area (Å²) in [5.41, 5.74) is 1.05. The molecule has 0 aromatic heterocycles. The van der Waals surface area contributed by atoms with Crippen LogP contribution in [0, 0.1) is 0 Å². The zero-order valence-electron chi connectivity index (χ0n) is 15.7. The van der Waals surface area contributed by atoms with E-state index in [1.807, 2.05) is 24.3 Å². The highest BCUT2D eigenvalue weighted by Gasteiger charge is 2.24. The number of benzene rings is 1. The highest BCUT2D eigenvalue weighted by molar-refractivity contribution is 5.84. The van der Waals surface area contributed by atoms with E-state index >= 15 is 0 Å². The molecule has 7 nitrogen and oxygen atoms in total. The van der Waals surface area contributed by atoms with Crippen molar-refractivity contribution in [3.8, 4) is 5.75 Å². The molecule has 0 bridgehead atoms. The first kappa shape index (κ1) is 19.8. The molecule has 26 heavy (non-hydrogen) atoms. The fourth-order valence-corrected chi connectivity index (χ4v) is 2.97. The van der Waals surface area contributed by atoms with Gasteiger partial charge in [-0.05, 0) is 24.1 Å². The van der Waals surface area contributed by atoms with E-state index in [1.54, 1.807) is 21.8 Å². The number of piperazine rings is 1. The minimum atomic E-state index is -0.122. The van der Waals surface area contributed by atoms with Crippen LogP contribution in [0.3, 0.4) is 0 Å². The molecular formula is C19H27N3O4. The lowest BCUT2D eigenvalue weighted by atomic mass is 10.1. The van der Waals surface area contributed by atoms with Gasteiger partial charge < -0.3 is 19.4 Å². The summed E-state index contributed by atoms with van der Waals surface area (Å²) < 4.78 is 5.21. The van der Waals surface area contributed by atoms with Gasteiger partial charge in [-0.25, -0.2) is 0 Å². The number of carbonyl (C=O) groups is 3. The molecule has 3 amide bonds. The van der Waals surface area contributed by atoms with Gasteiger partial charge in [0.2, 0.25) is 17.7 Å². The summed E-state index contributed by atoms with van der Waals surface area (Å²) in [4.78, 5) is 40.8. The largest absolute Gasteiger partial charge is 0.497 e. The second-order valence-electron chi connectivity index (χ2n) is 6.43. The molecule has 1 aromatic rings. The van der Waals surface area contributed by atoms with E-state index in [0.717, 1.165) is 11.3 Å². The van der Waals surface area contributed by atoms with Crippen LogP contribution >= 0.6 is 0 Å². The Labute approximate surface area is 154 Å². The van der Waals surface area contributed by atoms with Crippen LogP contribution in [0.2, 0.25) is 0 Å². The molecule has 0 saturated carbocycles. The van der Waals surface area contributed by atoms with E-state index in [1.165, 1.54) is 13.8 Å². The van der Waals surface area contributed by atoms with Crippen LogP contribution in [-0.2, 0) is 20.8 Å². The lowest BCUT2D eigenvalue weighted by Crippen LogP contribution is -2.52. The third kappa shape index (κ3) is 5.47. The number of methoxy groups -OCH3 is 1. The Bertz CT molecular complexity index is 654. The normalized spacial score (nSPS) is 14.1. The number of hydrogen-bond donors (Lipinski definition) is 0. The van der Waals surface area contributed by atoms with Crippen LogP contribution in [0.5, 0.6) is 5.75 Å². The first-order chi connectivity index (χ1) is 12.4. The Balaban J connectivity index is 1.88. The fourth-order valence-electron chi connectivity index (χ4n) is 2.97. The lowest BCUT2D eigenvalue weighted by molar-refractivity contribution is -0.142. The second kappa shape index (κ2) is 9.22. The van der Waals surface area contributed by atoms with Gasteiger partial charge >= 0.3 is 0 Å². The van der Waals surface area contributed by atoms with Crippen LogP contribution in [0.25, 0.3) is 0 Å². The van der Waals surface area contributed by atoms with Crippen LogP contribution in [0.4, 0.5) is 0 Å². The van der Waals surface area contributed by atoms with Crippen molar-refractivity contribution in [2.75, 3.05) is 46.4 Å². The molecule has 142 valence electrons. The fraction of sp³-hybridized carbons (Fsp3) is 0.526. The molecule has 7 heteroatoms. The zero-order valence-corrected chi connectivity index (χ0v) is 15.7. The molecule has 0 radical (unpaired) electrons. The van der Waals surface area contributed by atoms with Gasteiger partial charge in [-0.3, -0.25) is 14.4 Å². The van der Waals surface area contributed by atoms with Gasteiger partial charge in [0.25, 0.3) is 0 Å². The SMILES string of the molecule is COc1cccc(CCN(CC(=O)N2CCN(C(C)=O)CC2)C(C)=O)c1. The maximum atomic E-state index is 12.5. The van der Waals surface area contributed by atoms with Gasteiger partial charge in [0.05, 0.1) is 13.7 Å².